The maximum atomic E-state index is 11.1. The van der Waals surface area contributed by atoms with Gasteiger partial charge in [-0.15, -0.1) is 0 Å². The van der Waals surface area contributed by atoms with Crippen LogP contribution in [0.3, 0.4) is 0 Å². The second kappa shape index (κ2) is 11.1. The molecule has 5 rings (SSSR count). The Morgan fingerprint density at radius 3 is 2.19 bits per heavy atom. The van der Waals surface area contributed by atoms with Crippen LogP contribution in [0.2, 0.25) is 5.02 Å². The number of hydrazone groups is 1. The van der Waals surface area contributed by atoms with E-state index in [1.807, 2.05) is 0 Å². The molecule has 1 aromatic carbocycles. The first-order chi connectivity index (χ1) is 18.0. The van der Waals surface area contributed by atoms with Gasteiger partial charge in [0, 0.05) is 50.9 Å². The Hall–Kier alpha value is -3.73. The number of hydrogen-bond donors (Lipinski definition) is 0. The second-order valence-electron chi connectivity index (χ2n) is 9.22. The van der Waals surface area contributed by atoms with Crippen LogP contribution in [-0.4, -0.2) is 59.3 Å². The third-order valence-corrected chi connectivity index (χ3v) is 6.91. The molecule has 2 aliphatic rings. The van der Waals surface area contributed by atoms with E-state index < -0.39 is 4.92 Å². The molecule has 194 valence electrons. The molecule has 2 aliphatic heterocycles. The Morgan fingerprint density at radius 2 is 1.59 bits per heavy atom. The molecule has 0 saturated carbocycles. The normalized spacial score (nSPS) is 16.4. The van der Waals surface area contributed by atoms with Crippen LogP contribution in [0.4, 0.5) is 23.5 Å². The molecule has 37 heavy (non-hydrogen) atoms. The predicted octanol–water partition coefficient (Wildman–Crippen LogP) is 5.14. The van der Waals surface area contributed by atoms with Crippen molar-refractivity contribution < 1.29 is 9.34 Å². The summed E-state index contributed by atoms with van der Waals surface area (Å²) < 4.78 is 5.86. The number of nitro groups is 1. The van der Waals surface area contributed by atoms with Gasteiger partial charge in [0.15, 0.2) is 0 Å². The zero-order chi connectivity index (χ0) is 25.8. The first kappa shape index (κ1) is 24.9. The van der Waals surface area contributed by atoms with Gasteiger partial charge in [-0.25, -0.2) is 5.01 Å². The van der Waals surface area contributed by atoms with E-state index in [4.69, 9.17) is 31.0 Å². The van der Waals surface area contributed by atoms with Crippen molar-refractivity contribution in [2.24, 2.45) is 5.10 Å². The number of hydrogen-bond acceptors (Lipinski definition) is 10. The highest BCUT2D eigenvalue weighted by molar-refractivity contribution is 6.33. The van der Waals surface area contributed by atoms with Gasteiger partial charge in [0.05, 0.1) is 16.2 Å². The highest BCUT2D eigenvalue weighted by Gasteiger charge is 2.21. The summed E-state index contributed by atoms with van der Waals surface area (Å²) in [6, 6.07) is 7.67. The molecule has 0 unspecified atom stereocenters. The van der Waals surface area contributed by atoms with Gasteiger partial charge in [-0.3, -0.25) is 10.1 Å². The average molecular weight is 525 g/mol. The number of nitro benzene ring substituents is 1. The third kappa shape index (κ3) is 5.82. The van der Waals surface area contributed by atoms with Gasteiger partial charge in [0.1, 0.15) is 11.5 Å². The number of nitrogens with zero attached hydrogens (tertiary/aromatic N) is 8. The van der Waals surface area contributed by atoms with Crippen molar-refractivity contribution in [1.29, 1.82) is 0 Å². The van der Waals surface area contributed by atoms with Gasteiger partial charge in [0.2, 0.25) is 11.9 Å². The molecular weight excluding hydrogens is 496 g/mol. The van der Waals surface area contributed by atoms with Gasteiger partial charge >= 0.3 is 0 Å². The van der Waals surface area contributed by atoms with Crippen LogP contribution in [0.5, 0.6) is 0 Å². The summed E-state index contributed by atoms with van der Waals surface area (Å²) in [6.45, 7) is 3.74. The zero-order valence-electron chi connectivity index (χ0n) is 20.7. The second-order valence-corrected chi connectivity index (χ2v) is 9.63. The Morgan fingerprint density at radius 1 is 0.973 bits per heavy atom. The summed E-state index contributed by atoms with van der Waals surface area (Å²) in [5, 5.41) is 17.6. The van der Waals surface area contributed by atoms with E-state index in [0.29, 0.717) is 40.0 Å². The number of non-ortho nitro benzene ring substituents is 1. The van der Waals surface area contributed by atoms with Crippen molar-refractivity contribution in [2.75, 3.05) is 48.0 Å². The minimum Gasteiger partial charge on any atom is -0.455 e. The quantitative estimate of drug-likeness (QED) is 0.235. The number of aromatic nitrogens is 3. The molecule has 0 atom stereocenters. The van der Waals surface area contributed by atoms with Crippen LogP contribution in [0, 0.1) is 10.1 Å². The summed E-state index contributed by atoms with van der Waals surface area (Å²) in [5.74, 6) is 2.71. The fourth-order valence-electron chi connectivity index (χ4n) is 4.54. The Kier molecular flexibility index (Phi) is 7.50. The molecule has 0 N–H and O–H groups in total. The van der Waals surface area contributed by atoms with Crippen molar-refractivity contribution in [3.8, 4) is 11.3 Å². The first-order valence-electron chi connectivity index (χ1n) is 12.6. The summed E-state index contributed by atoms with van der Waals surface area (Å²) in [5.41, 5.74) is 0.383. The lowest BCUT2D eigenvalue weighted by Crippen LogP contribution is -2.35. The van der Waals surface area contributed by atoms with Gasteiger partial charge < -0.3 is 14.2 Å². The Labute approximate surface area is 219 Å². The zero-order valence-corrected chi connectivity index (χ0v) is 21.5. The van der Waals surface area contributed by atoms with Gasteiger partial charge in [0.25, 0.3) is 11.6 Å². The lowest BCUT2D eigenvalue weighted by atomic mass is 10.1. The fourth-order valence-corrected chi connectivity index (χ4v) is 4.75. The SMILES string of the molecule is CN(/N=C\c1ccc(-c2cc([N+](=O)[O-])ccc2Cl)o1)c1nc(N2CCCCC2)nc(N2CCCCC2)n1. The lowest BCUT2D eigenvalue weighted by molar-refractivity contribution is -0.384. The topological polar surface area (TPSA) is 117 Å². The summed E-state index contributed by atoms with van der Waals surface area (Å²) in [6.07, 6.45) is 8.52. The number of benzene rings is 1. The van der Waals surface area contributed by atoms with Crippen molar-refractivity contribution in [2.45, 2.75) is 38.5 Å². The highest BCUT2D eigenvalue weighted by Crippen LogP contribution is 2.32. The number of rotatable bonds is 7. The van der Waals surface area contributed by atoms with Crippen LogP contribution >= 0.6 is 11.6 Å². The molecule has 2 fully saturated rings. The maximum absolute atomic E-state index is 11.1. The van der Waals surface area contributed by atoms with E-state index >= 15 is 0 Å². The standard InChI is InChI=1S/C25H29ClN8O3/c1-31(27-17-19-9-11-22(37-19)20-16-18(34(35)36)8-10-21(20)26)23-28-24(32-12-4-2-5-13-32)30-25(29-23)33-14-6-3-7-15-33/h8-11,16-17H,2-7,12-15H2,1H3/b27-17-. The van der Waals surface area contributed by atoms with Gasteiger partial charge in [-0.05, 0) is 56.7 Å². The first-order valence-corrected chi connectivity index (χ1v) is 12.9. The van der Waals surface area contributed by atoms with Crippen LogP contribution in [-0.2, 0) is 0 Å². The smallest absolute Gasteiger partial charge is 0.270 e. The molecule has 0 amide bonds. The van der Waals surface area contributed by atoms with Crippen molar-refractivity contribution in [3.63, 3.8) is 0 Å². The predicted molar refractivity (Wildman–Crippen MR) is 144 cm³/mol. The Balaban J connectivity index is 1.38. The minimum atomic E-state index is -0.467. The van der Waals surface area contributed by atoms with E-state index in [0.717, 1.165) is 51.9 Å². The summed E-state index contributed by atoms with van der Waals surface area (Å²) in [4.78, 5) is 29.4. The highest BCUT2D eigenvalue weighted by atomic mass is 35.5. The van der Waals surface area contributed by atoms with E-state index in [2.05, 4.69) is 14.9 Å². The maximum Gasteiger partial charge on any atom is 0.270 e. The number of piperidine rings is 2. The number of anilines is 3. The average Bonchev–Trinajstić information content (AvgIpc) is 3.41. The molecule has 0 radical (unpaired) electrons. The minimum absolute atomic E-state index is 0.0606. The van der Waals surface area contributed by atoms with Crippen LogP contribution < -0.4 is 14.8 Å². The number of halogens is 1. The van der Waals surface area contributed by atoms with E-state index in [1.54, 1.807) is 30.4 Å². The van der Waals surface area contributed by atoms with Gasteiger partial charge in [-0.2, -0.15) is 20.1 Å². The molecule has 3 aromatic rings. The number of furan rings is 1. The van der Waals surface area contributed by atoms with Crippen molar-refractivity contribution >= 4 is 41.3 Å². The van der Waals surface area contributed by atoms with Crippen LogP contribution in [0.25, 0.3) is 11.3 Å². The molecule has 0 spiro atoms. The molecule has 4 heterocycles. The summed E-state index contributed by atoms with van der Waals surface area (Å²) >= 11 is 6.26. The molecule has 0 aliphatic carbocycles. The van der Waals surface area contributed by atoms with Crippen LogP contribution in [0.1, 0.15) is 44.3 Å². The molecule has 2 saturated heterocycles. The summed E-state index contributed by atoms with van der Waals surface area (Å²) in [7, 11) is 1.78. The monoisotopic (exact) mass is 524 g/mol. The van der Waals surface area contributed by atoms with E-state index in [9.17, 15) is 10.1 Å². The third-order valence-electron chi connectivity index (χ3n) is 6.58. The molecule has 11 nitrogen and oxygen atoms in total. The van der Waals surface area contributed by atoms with Gasteiger partial charge in [-0.1, -0.05) is 11.6 Å². The van der Waals surface area contributed by atoms with Crippen molar-refractivity contribution in [1.82, 2.24) is 15.0 Å². The Bertz CT molecular complexity index is 1250. The lowest BCUT2D eigenvalue weighted by Gasteiger charge is -2.30. The largest absolute Gasteiger partial charge is 0.455 e. The van der Waals surface area contributed by atoms with E-state index in [1.165, 1.54) is 31.0 Å². The van der Waals surface area contributed by atoms with E-state index in [-0.39, 0.29) is 5.69 Å². The van der Waals surface area contributed by atoms with Crippen LogP contribution in [0.15, 0.2) is 39.9 Å². The molecule has 0 bridgehead atoms. The van der Waals surface area contributed by atoms with Crippen molar-refractivity contribution in [3.05, 3.63) is 51.2 Å². The fraction of sp³-hybridized carbons (Fsp3) is 0.440. The molecule has 2 aromatic heterocycles. The molecule has 12 heteroatoms. The molecular formula is C25H29ClN8O3.